The molecule has 1 saturated heterocycles. The molecule has 0 radical (unpaired) electrons. The molecule has 1 N–H and O–H groups in total. The van der Waals surface area contributed by atoms with E-state index >= 15 is 0 Å². The Morgan fingerprint density at radius 2 is 2.30 bits per heavy atom. The number of hydrogen-bond donors (Lipinski definition) is 1. The molecule has 0 unspecified atom stereocenters. The van der Waals surface area contributed by atoms with E-state index in [2.05, 4.69) is 15.2 Å². The highest BCUT2D eigenvalue weighted by molar-refractivity contribution is 7.13. The summed E-state index contributed by atoms with van der Waals surface area (Å²) in [6.07, 6.45) is 4.95. The second-order valence-corrected chi connectivity index (χ2v) is 6.37. The van der Waals surface area contributed by atoms with Crippen molar-refractivity contribution in [1.29, 1.82) is 0 Å². The fourth-order valence-electron chi connectivity index (χ4n) is 2.81. The molecule has 0 aliphatic carbocycles. The van der Waals surface area contributed by atoms with E-state index in [0.717, 1.165) is 47.1 Å². The van der Waals surface area contributed by atoms with E-state index in [-0.39, 0.29) is 11.9 Å². The summed E-state index contributed by atoms with van der Waals surface area (Å²) in [5.41, 5.74) is 1.86. The number of hydrogen-bond acceptors (Lipinski definition) is 4. The van der Waals surface area contributed by atoms with Gasteiger partial charge in [0, 0.05) is 12.7 Å². The molecule has 0 spiro atoms. The Balaban J connectivity index is 1.90. The molecule has 0 bridgehead atoms. The number of nitrogens with zero attached hydrogens (tertiary/aromatic N) is 3. The summed E-state index contributed by atoms with van der Waals surface area (Å²) in [4.78, 5) is 19.9. The Bertz CT molecular complexity index is 605. The zero-order valence-corrected chi connectivity index (χ0v) is 12.5. The van der Waals surface area contributed by atoms with Crippen LogP contribution in [0.5, 0.6) is 0 Å². The Morgan fingerprint density at radius 1 is 1.45 bits per heavy atom. The van der Waals surface area contributed by atoms with Crippen LogP contribution in [0.2, 0.25) is 0 Å². The van der Waals surface area contributed by atoms with Crippen molar-refractivity contribution < 1.29 is 4.79 Å². The minimum absolute atomic E-state index is 0.104. The normalized spacial score (nSPS) is 19.3. The topological polar surface area (TPSA) is 61.9 Å². The van der Waals surface area contributed by atoms with E-state index in [1.807, 2.05) is 24.8 Å². The maximum atomic E-state index is 12.8. The molecule has 106 valence electrons. The number of rotatable bonds is 2. The quantitative estimate of drug-likeness (QED) is 0.925. The minimum atomic E-state index is 0.104. The molecular formula is C14H18N4OS. The van der Waals surface area contributed by atoms with Crippen LogP contribution in [0.25, 0.3) is 0 Å². The molecule has 20 heavy (non-hydrogen) atoms. The number of H-pyrrole nitrogens is 1. The van der Waals surface area contributed by atoms with Gasteiger partial charge in [0.15, 0.2) is 0 Å². The molecular weight excluding hydrogens is 272 g/mol. The van der Waals surface area contributed by atoms with E-state index in [1.165, 1.54) is 11.3 Å². The second-order valence-electron chi connectivity index (χ2n) is 5.17. The zero-order chi connectivity index (χ0) is 14.1. The summed E-state index contributed by atoms with van der Waals surface area (Å²) in [7, 11) is 0. The minimum Gasteiger partial charge on any atom is -0.329 e. The fourth-order valence-corrected chi connectivity index (χ4v) is 3.69. The molecule has 1 amide bonds. The van der Waals surface area contributed by atoms with Gasteiger partial charge in [-0.3, -0.25) is 9.89 Å². The average Bonchev–Trinajstić information content (AvgIpc) is 3.07. The monoisotopic (exact) mass is 290 g/mol. The first kappa shape index (κ1) is 13.3. The number of likely N-dealkylation sites (tertiary alicyclic amines) is 1. The van der Waals surface area contributed by atoms with Crippen LogP contribution >= 0.6 is 11.3 Å². The van der Waals surface area contributed by atoms with E-state index in [9.17, 15) is 4.79 Å². The standard InChI is InChI=1S/C14H18N4OS/c1-9-13(20-10(2)16-9)14(19)18-8-4-3-5-12(18)11-6-7-15-17-11/h6-7,12H,3-5,8H2,1-2H3,(H,15,17)/t12-/m0/s1. The molecule has 1 atom stereocenters. The molecule has 1 aliphatic heterocycles. The predicted octanol–water partition coefficient (Wildman–Crippen LogP) is 2.85. The number of aromatic amines is 1. The van der Waals surface area contributed by atoms with Crippen LogP contribution in [0.4, 0.5) is 0 Å². The fraction of sp³-hybridized carbons (Fsp3) is 0.500. The van der Waals surface area contributed by atoms with Gasteiger partial charge >= 0.3 is 0 Å². The van der Waals surface area contributed by atoms with Crippen LogP contribution in [0.3, 0.4) is 0 Å². The van der Waals surface area contributed by atoms with E-state index in [1.54, 1.807) is 6.20 Å². The van der Waals surface area contributed by atoms with Gasteiger partial charge in [-0.1, -0.05) is 0 Å². The van der Waals surface area contributed by atoms with Crippen molar-refractivity contribution in [2.24, 2.45) is 0 Å². The van der Waals surface area contributed by atoms with Gasteiger partial charge in [-0.15, -0.1) is 11.3 Å². The van der Waals surface area contributed by atoms with Gasteiger partial charge in [-0.05, 0) is 39.2 Å². The molecule has 6 heteroatoms. The highest BCUT2D eigenvalue weighted by Gasteiger charge is 2.31. The lowest BCUT2D eigenvalue weighted by molar-refractivity contribution is 0.0610. The van der Waals surface area contributed by atoms with Crippen LogP contribution in [-0.2, 0) is 0 Å². The largest absolute Gasteiger partial charge is 0.329 e. The van der Waals surface area contributed by atoms with Gasteiger partial charge in [-0.2, -0.15) is 5.10 Å². The van der Waals surface area contributed by atoms with Crippen molar-refractivity contribution in [2.75, 3.05) is 6.54 Å². The molecule has 5 nitrogen and oxygen atoms in total. The maximum absolute atomic E-state index is 12.8. The van der Waals surface area contributed by atoms with Gasteiger partial charge in [-0.25, -0.2) is 4.98 Å². The zero-order valence-electron chi connectivity index (χ0n) is 11.7. The van der Waals surface area contributed by atoms with Crippen molar-refractivity contribution in [3.05, 3.63) is 33.5 Å². The van der Waals surface area contributed by atoms with Crippen molar-refractivity contribution >= 4 is 17.2 Å². The highest BCUT2D eigenvalue weighted by Crippen LogP contribution is 2.32. The Hall–Kier alpha value is -1.69. The van der Waals surface area contributed by atoms with Gasteiger partial charge in [0.2, 0.25) is 0 Å². The summed E-state index contributed by atoms with van der Waals surface area (Å²) >= 11 is 1.49. The SMILES string of the molecule is Cc1nc(C)c(C(=O)N2CCCC[C@H]2c2ccn[nH]2)s1. The molecule has 3 heterocycles. The smallest absolute Gasteiger partial charge is 0.266 e. The molecule has 2 aromatic rings. The Kier molecular flexibility index (Phi) is 3.56. The van der Waals surface area contributed by atoms with Crippen molar-refractivity contribution in [3.63, 3.8) is 0 Å². The van der Waals surface area contributed by atoms with Gasteiger partial charge < -0.3 is 4.90 Å². The second kappa shape index (κ2) is 5.36. The lowest BCUT2D eigenvalue weighted by Gasteiger charge is -2.34. The van der Waals surface area contributed by atoms with Crippen molar-refractivity contribution in [1.82, 2.24) is 20.1 Å². The van der Waals surface area contributed by atoms with Crippen LogP contribution in [0.15, 0.2) is 12.3 Å². The van der Waals surface area contributed by atoms with E-state index < -0.39 is 0 Å². The predicted molar refractivity (Wildman–Crippen MR) is 77.8 cm³/mol. The van der Waals surface area contributed by atoms with Crippen LogP contribution in [0, 0.1) is 13.8 Å². The molecule has 3 rings (SSSR count). The third kappa shape index (κ3) is 2.35. The molecule has 1 fully saturated rings. The first-order valence-corrected chi connectivity index (χ1v) is 7.72. The highest BCUT2D eigenvalue weighted by atomic mass is 32.1. The van der Waals surface area contributed by atoms with Gasteiger partial charge in [0.1, 0.15) is 4.88 Å². The summed E-state index contributed by atoms with van der Waals surface area (Å²) in [6, 6.07) is 2.07. The number of carbonyl (C=O) groups excluding carboxylic acids is 1. The van der Waals surface area contributed by atoms with Crippen LogP contribution in [-0.4, -0.2) is 32.5 Å². The Labute approximate surface area is 122 Å². The average molecular weight is 290 g/mol. The summed E-state index contributed by atoms with van der Waals surface area (Å²) in [5, 5.41) is 7.97. The number of piperidine rings is 1. The van der Waals surface area contributed by atoms with Crippen molar-refractivity contribution in [3.8, 4) is 0 Å². The molecule has 0 saturated carbocycles. The maximum Gasteiger partial charge on any atom is 0.266 e. The first-order chi connectivity index (χ1) is 9.66. The number of carbonyl (C=O) groups is 1. The lowest BCUT2D eigenvalue weighted by atomic mass is 9.99. The summed E-state index contributed by atoms with van der Waals surface area (Å²) in [6.45, 7) is 4.65. The Morgan fingerprint density at radius 3 is 2.95 bits per heavy atom. The molecule has 0 aromatic carbocycles. The van der Waals surface area contributed by atoms with Crippen LogP contribution < -0.4 is 0 Å². The third-order valence-electron chi connectivity index (χ3n) is 3.74. The molecule has 2 aromatic heterocycles. The lowest BCUT2D eigenvalue weighted by Crippen LogP contribution is -2.38. The van der Waals surface area contributed by atoms with E-state index in [0.29, 0.717) is 0 Å². The number of aryl methyl sites for hydroxylation is 2. The summed E-state index contributed by atoms with van der Waals surface area (Å²) in [5.74, 6) is 0.104. The number of thiazole rings is 1. The summed E-state index contributed by atoms with van der Waals surface area (Å²) < 4.78 is 0. The van der Waals surface area contributed by atoms with Gasteiger partial charge in [0.05, 0.1) is 22.4 Å². The van der Waals surface area contributed by atoms with E-state index in [4.69, 9.17) is 0 Å². The number of nitrogens with one attached hydrogen (secondary N) is 1. The number of amides is 1. The van der Waals surface area contributed by atoms with Gasteiger partial charge in [0.25, 0.3) is 5.91 Å². The molecule has 1 aliphatic rings. The van der Waals surface area contributed by atoms with Crippen molar-refractivity contribution in [2.45, 2.75) is 39.2 Å². The third-order valence-corrected chi connectivity index (χ3v) is 4.80. The number of aromatic nitrogens is 3. The first-order valence-electron chi connectivity index (χ1n) is 6.91. The van der Waals surface area contributed by atoms with Crippen LogP contribution in [0.1, 0.15) is 51.4 Å².